The van der Waals surface area contributed by atoms with E-state index in [-0.39, 0.29) is 0 Å². The summed E-state index contributed by atoms with van der Waals surface area (Å²) in [5, 5.41) is 6.16. The molecule has 2 fully saturated rings. The van der Waals surface area contributed by atoms with Gasteiger partial charge in [0, 0.05) is 10.9 Å². The second-order valence-electron chi connectivity index (χ2n) is 6.78. The molecule has 0 radical (unpaired) electrons. The van der Waals surface area contributed by atoms with Crippen molar-refractivity contribution in [3.63, 3.8) is 0 Å². The summed E-state index contributed by atoms with van der Waals surface area (Å²) in [6.07, 6.45) is 14.5. The number of hydrogen-bond donors (Lipinski definition) is 1. The molecule has 0 aliphatic heterocycles. The summed E-state index contributed by atoms with van der Waals surface area (Å²) >= 11 is 1.94. The molecule has 0 saturated heterocycles. The predicted molar refractivity (Wildman–Crippen MR) is 88.2 cm³/mol. The number of thiophene rings is 1. The van der Waals surface area contributed by atoms with Gasteiger partial charge >= 0.3 is 0 Å². The summed E-state index contributed by atoms with van der Waals surface area (Å²) in [5.41, 5.74) is 0. The SMILES string of the molecule is c1csc(C(NCCC2CCCCC2)C2CCCC2)c1. The third-order valence-corrected chi connectivity index (χ3v) is 6.32. The van der Waals surface area contributed by atoms with Crippen molar-refractivity contribution in [2.75, 3.05) is 6.54 Å². The van der Waals surface area contributed by atoms with E-state index in [4.69, 9.17) is 0 Å². The van der Waals surface area contributed by atoms with Crippen LogP contribution in [0.15, 0.2) is 17.5 Å². The zero-order valence-electron chi connectivity index (χ0n) is 12.7. The third kappa shape index (κ3) is 3.85. The fourth-order valence-corrected chi connectivity index (χ4v) is 5.07. The Morgan fingerprint density at radius 2 is 1.80 bits per heavy atom. The van der Waals surface area contributed by atoms with Crippen molar-refractivity contribution >= 4 is 11.3 Å². The van der Waals surface area contributed by atoms with E-state index in [0.717, 1.165) is 11.8 Å². The molecule has 0 amide bonds. The van der Waals surface area contributed by atoms with Crippen LogP contribution in [0.2, 0.25) is 0 Å². The van der Waals surface area contributed by atoms with Gasteiger partial charge in [0.15, 0.2) is 0 Å². The molecule has 1 aromatic rings. The zero-order valence-corrected chi connectivity index (χ0v) is 13.5. The Balaban J connectivity index is 1.50. The van der Waals surface area contributed by atoms with Crippen LogP contribution in [0.3, 0.4) is 0 Å². The molecule has 20 heavy (non-hydrogen) atoms. The largest absolute Gasteiger partial charge is 0.309 e. The summed E-state index contributed by atoms with van der Waals surface area (Å²) in [6.45, 7) is 1.23. The van der Waals surface area contributed by atoms with Crippen molar-refractivity contribution in [1.29, 1.82) is 0 Å². The van der Waals surface area contributed by atoms with Crippen molar-refractivity contribution in [3.8, 4) is 0 Å². The highest BCUT2D eigenvalue weighted by Gasteiger charge is 2.26. The molecule has 0 spiro atoms. The van der Waals surface area contributed by atoms with Gasteiger partial charge in [-0.2, -0.15) is 0 Å². The molecular formula is C18H29NS. The fraction of sp³-hybridized carbons (Fsp3) is 0.778. The summed E-state index contributed by atoms with van der Waals surface area (Å²) in [6, 6.07) is 5.19. The van der Waals surface area contributed by atoms with Crippen LogP contribution in [-0.2, 0) is 0 Å². The Morgan fingerprint density at radius 1 is 1.05 bits per heavy atom. The van der Waals surface area contributed by atoms with Crippen molar-refractivity contribution in [2.24, 2.45) is 11.8 Å². The summed E-state index contributed by atoms with van der Waals surface area (Å²) < 4.78 is 0. The molecule has 0 bridgehead atoms. The van der Waals surface area contributed by atoms with Crippen molar-refractivity contribution in [2.45, 2.75) is 70.3 Å². The molecule has 1 nitrogen and oxygen atoms in total. The van der Waals surface area contributed by atoms with Gasteiger partial charge in [0.1, 0.15) is 0 Å². The lowest BCUT2D eigenvalue weighted by molar-refractivity contribution is 0.309. The molecule has 0 aromatic carbocycles. The Bertz CT molecular complexity index is 361. The minimum Gasteiger partial charge on any atom is -0.309 e. The first kappa shape index (κ1) is 14.6. The lowest BCUT2D eigenvalue weighted by Crippen LogP contribution is -2.28. The first-order chi connectivity index (χ1) is 9.93. The highest BCUT2D eigenvalue weighted by molar-refractivity contribution is 7.10. The van der Waals surface area contributed by atoms with Gasteiger partial charge in [-0.3, -0.25) is 0 Å². The Labute approximate surface area is 128 Å². The Kier molecular flexibility index (Phi) is 5.55. The van der Waals surface area contributed by atoms with Crippen LogP contribution in [-0.4, -0.2) is 6.54 Å². The topological polar surface area (TPSA) is 12.0 Å². The summed E-state index contributed by atoms with van der Waals surface area (Å²) in [5.74, 6) is 1.89. The number of hydrogen-bond acceptors (Lipinski definition) is 2. The zero-order chi connectivity index (χ0) is 13.6. The maximum atomic E-state index is 3.92. The van der Waals surface area contributed by atoms with Gasteiger partial charge in [-0.15, -0.1) is 11.3 Å². The van der Waals surface area contributed by atoms with Gasteiger partial charge in [-0.25, -0.2) is 0 Å². The van der Waals surface area contributed by atoms with E-state index in [1.807, 2.05) is 11.3 Å². The average molecular weight is 292 g/mol. The maximum absolute atomic E-state index is 3.92. The Morgan fingerprint density at radius 3 is 2.50 bits per heavy atom. The number of nitrogens with one attached hydrogen (secondary N) is 1. The lowest BCUT2D eigenvalue weighted by atomic mass is 9.87. The standard InChI is InChI=1S/C18H29NS/c1-2-7-15(8-3-1)12-13-19-18(16-9-4-5-10-16)17-11-6-14-20-17/h6,11,14-16,18-19H,1-5,7-10,12-13H2. The molecular weight excluding hydrogens is 262 g/mol. The molecule has 1 N–H and O–H groups in total. The minimum absolute atomic E-state index is 0.640. The monoisotopic (exact) mass is 291 g/mol. The predicted octanol–water partition coefficient (Wildman–Crippen LogP) is 5.54. The van der Waals surface area contributed by atoms with E-state index in [2.05, 4.69) is 22.8 Å². The maximum Gasteiger partial charge on any atom is 0.0443 e. The fourth-order valence-electron chi connectivity index (χ4n) is 4.18. The first-order valence-corrected chi connectivity index (χ1v) is 9.58. The minimum atomic E-state index is 0.640. The number of rotatable bonds is 6. The van der Waals surface area contributed by atoms with Crippen LogP contribution in [0.25, 0.3) is 0 Å². The van der Waals surface area contributed by atoms with Crippen LogP contribution >= 0.6 is 11.3 Å². The van der Waals surface area contributed by atoms with E-state index in [9.17, 15) is 0 Å². The quantitative estimate of drug-likeness (QED) is 0.725. The third-order valence-electron chi connectivity index (χ3n) is 5.36. The van der Waals surface area contributed by atoms with Gasteiger partial charge in [0.05, 0.1) is 0 Å². The van der Waals surface area contributed by atoms with Gasteiger partial charge in [-0.05, 0) is 49.1 Å². The smallest absolute Gasteiger partial charge is 0.0443 e. The molecule has 2 aliphatic rings. The first-order valence-electron chi connectivity index (χ1n) is 8.70. The van der Waals surface area contributed by atoms with Gasteiger partial charge in [0.25, 0.3) is 0 Å². The molecule has 1 heterocycles. The Hall–Kier alpha value is -0.340. The van der Waals surface area contributed by atoms with Gasteiger partial charge in [-0.1, -0.05) is 51.0 Å². The molecule has 2 heteroatoms. The van der Waals surface area contributed by atoms with Gasteiger partial charge < -0.3 is 5.32 Å². The molecule has 2 aliphatic carbocycles. The summed E-state index contributed by atoms with van der Waals surface area (Å²) in [7, 11) is 0. The van der Waals surface area contributed by atoms with Crippen LogP contribution in [0.5, 0.6) is 0 Å². The molecule has 3 rings (SSSR count). The summed E-state index contributed by atoms with van der Waals surface area (Å²) in [4.78, 5) is 1.57. The molecule has 2 saturated carbocycles. The van der Waals surface area contributed by atoms with Crippen LogP contribution in [0.4, 0.5) is 0 Å². The molecule has 112 valence electrons. The molecule has 1 atom stereocenters. The lowest BCUT2D eigenvalue weighted by Gasteiger charge is -2.26. The van der Waals surface area contributed by atoms with Crippen LogP contribution in [0, 0.1) is 11.8 Å². The highest BCUT2D eigenvalue weighted by Crippen LogP contribution is 2.37. The van der Waals surface area contributed by atoms with E-state index in [1.165, 1.54) is 70.8 Å². The van der Waals surface area contributed by atoms with E-state index < -0.39 is 0 Å². The van der Waals surface area contributed by atoms with E-state index in [0.29, 0.717) is 6.04 Å². The molecule has 1 aromatic heterocycles. The van der Waals surface area contributed by atoms with E-state index in [1.54, 1.807) is 4.88 Å². The van der Waals surface area contributed by atoms with Crippen LogP contribution in [0.1, 0.15) is 75.1 Å². The second-order valence-corrected chi connectivity index (χ2v) is 7.76. The highest BCUT2D eigenvalue weighted by atomic mass is 32.1. The van der Waals surface area contributed by atoms with Crippen molar-refractivity contribution in [3.05, 3.63) is 22.4 Å². The van der Waals surface area contributed by atoms with Crippen LogP contribution < -0.4 is 5.32 Å². The van der Waals surface area contributed by atoms with E-state index >= 15 is 0 Å². The van der Waals surface area contributed by atoms with Crippen molar-refractivity contribution < 1.29 is 0 Å². The molecule has 1 unspecified atom stereocenters. The van der Waals surface area contributed by atoms with Gasteiger partial charge in [0.2, 0.25) is 0 Å². The average Bonchev–Trinajstić information content (AvgIpc) is 3.18. The normalized spacial score (nSPS) is 23.2. The van der Waals surface area contributed by atoms with Crippen molar-refractivity contribution in [1.82, 2.24) is 5.32 Å². The second kappa shape index (κ2) is 7.61.